The summed E-state index contributed by atoms with van der Waals surface area (Å²) in [6.07, 6.45) is 0.449. The largest absolute Gasteiger partial charge is 0.354 e. The summed E-state index contributed by atoms with van der Waals surface area (Å²) in [5.41, 5.74) is 2.45. The molecule has 0 saturated heterocycles. The van der Waals surface area contributed by atoms with Crippen LogP contribution in [0, 0.1) is 5.92 Å². The van der Waals surface area contributed by atoms with Crippen molar-refractivity contribution in [1.29, 1.82) is 0 Å². The van der Waals surface area contributed by atoms with Gasteiger partial charge in [-0.05, 0) is 40.8 Å². The number of nitrogens with zero attached hydrogens (tertiary/aromatic N) is 1. The van der Waals surface area contributed by atoms with E-state index in [1.807, 2.05) is 68.4 Å². The van der Waals surface area contributed by atoms with Crippen molar-refractivity contribution in [2.75, 3.05) is 6.54 Å². The van der Waals surface area contributed by atoms with E-state index in [4.69, 9.17) is 34.8 Å². The van der Waals surface area contributed by atoms with E-state index in [0.717, 1.165) is 11.1 Å². The van der Waals surface area contributed by atoms with E-state index in [-0.39, 0.29) is 30.7 Å². The molecule has 0 bridgehead atoms. The second-order valence-electron chi connectivity index (χ2n) is 8.88. The minimum atomic E-state index is -0.722. The van der Waals surface area contributed by atoms with E-state index in [1.54, 1.807) is 23.1 Å². The standard InChI is InChI=1S/C28H29Cl3N2O2/c1-19(2)17-32-28(35)26(15-20-8-4-3-5-9-20)33(18-21-12-13-24(30)25(31)14-21)27(34)16-22-10-6-7-11-23(22)29/h3-14,19,26H,15-18H2,1-2H3,(H,32,35)/t26-/m1/s1. The van der Waals surface area contributed by atoms with Gasteiger partial charge in [-0.2, -0.15) is 0 Å². The van der Waals surface area contributed by atoms with Gasteiger partial charge < -0.3 is 10.2 Å². The lowest BCUT2D eigenvalue weighted by molar-refractivity contribution is -0.140. The minimum absolute atomic E-state index is 0.0732. The minimum Gasteiger partial charge on any atom is -0.354 e. The van der Waals surface area contributed by atoms with Crippen LogP contribution in [-0.4, -0.2) is 29.3 Å². The first-order valence-corrected chi connectivity index (χ1v) is 12.7. The molecule has 1 N–H and O–H groups in total. The first kappa shape index (κ1) is 27.1. The summed E-state index contributed by atoms with van der Waals surface area (Å²) >= 11 is 18.7. The predicted octanol–water partition coefficient (Wildman–Crippen LogP) is 6.60. The van der Waals surface area contributed by atoms with Crippen LogP contribution in [0.15, 0.2) is 72.8 Å². The van der Waals surface area contributed by atoms with Crippen molar-refractivity contribution in [2.24, 2.45) is 5.92 Å². The Balaban J connectivity index is 1.98. The van der Waals surface area contributed by atoms with Gasteiger partial charge in [-0.1, -0.05) is 103 Å². The van der Waals surface area contributed by atoms with Gasteiger partial charge in [-0.3, -0.25) is 9.59 Å². The highest BCUT2D eigenvalue weighted by Crippen LogP contribution is 2.25. The van der Waals surface area contributed by atoms with E-state index in [1.165, 1.54) is 0 Å². The van der Waals surface area contributed by atoms with Crippen molar-refractivity contribution in [3.8, 4) is 0 Å². The molecule has 0 aliphatic rings. The van der Waals surface area contributed by atoms with Gasteiger partial charge in [0.05, 0.1) is 16.5 Å². The zero-order valence-corrected chi connectivity index (χ0v) is 22.1. The number of rotatable bonds is 10. The van der Waals surface area contributed by atoms with Crippen molar-refractivity contribution in [1.82, 2.24) is 10.2 Å². The molecule has 0 aliphatic carbocycles. The fourth-order valence-electron chi connectivity index (χ4n) is 3.72. The van der Waals surface area contributed by atoms with Crippen LogP contribution in [0.5, 0.6) is 0 Å². The Labute approximate surface area is 222 Å². The maximum Gasteiger partial charge on any atom is 0.243 e. The van der Waals surface area contributed by atoms with E-state index in [9.17, 15) is 9.59 Å². The number of benzene rings is 3. The molecule has 1 atom stereocenters. The molecular weight excluding hydrogens is 503 g/mol. The lowest BCUT2D eigenvalue weighted by Gasteiger charge is -2.32. The summed E-state index contributed by atoms with van der Waals surface area (Å²) in [5.74, 6) is -0.126. The zero-order chi connectivity index (χ0) is 25.4. The fourth-order valence-corrected chi connectivity index (χ4v) is 4.24. The molecule has 0 aliphatic heterocycles. The third-order valence-electron chi connectivity index (χ3n) is 5.59. The molecule has 35 heavy (non-hydrogen) atoms. The van der Waals surface area contributed by atoms with Crippen molar-refractivity contribution >= 4 is 46.6 Å². The predicted molar refractivity (Wildman–Crippen MR) is 144 cm³/mol. The first-order valence-electron chi connectivity index (χ1n) is 11.5. The summed E-state index contributed by atoms with van der Waals surface area (Å²) in [7, 11) is 0. The van der Waals surface area contributed by atoms with Crippen molar-refractivity contribution in [3.05, 3.63) is 105 Å². The van der Waals surface area contributed by atoms with E-state index >= 15 is 0 Å². The summed E-state index contributed by atoms with van der Waals surface area (Å²) in [4.78, 5) is 28.8. The number of hydrogen-bond acceptors (Lipinski definition) is 2. The molecule has 3 rings (SSSR count). The molecule has 0 radical (unpaired) electrons. The van der Waals surface area contributed by atoms with Crippen LogP contribution in [0.25, 0.3) is 0 Å². The quantitative estimate of drug-likeness (QED) is 0.320. The number of amides is 2. The van der Waals surface area contributed by atoms with Gasteiger partial charge in [0.2, 0.25) is 11.8 Å². The lowest BCUT2D eigenvalue weighted by atomic mass is 10.0. The molecule has 184 valence electrons. The third-order valence-corrected chi connectivity index (χ3v) is 6.70. The number of carbonyl (C=O) groups is 2. The molecular formula is C28H29Cl3N2O2. The normalized spacial score (nSPS) is 11.8. The van der Waals surface area contributed by atoms with Gasteiger partial charge in [0, 0.05) is 24.5 Å². The number of nitrogens with one attached hydrogen (secondary N) is 1. The smallest absolute Gasteiger partial charge is 0.243 e. The number of carbonyl (C=O) groups excluding carboxylic acids is 2. The molecule has 0 aromatic heterocycles. The number of halogens is 3. The zero-order valence-electron chi connectivity index (χ0n) is 19.8. The van der Waals surface area contributed by atoms with E-state index in [2.05, 4.69) is 5.32 Å². The maximum atomic E-state index is 13.7. The molecule has 3 aromatic carbocycles. The molecule has 0 fully saturated rings. The summed E-state index contributed by atoms with van der Waals surface area (Å²) < 4.78 is 0. The monoisotopic (exact) mass is 530 g/mol. The van der Waals surface area contributed by atoms with Crippen LogP contribution in [-0.2, 0) is 29.0 Å². The molecule has 0 saturated carbocycles. The Hall–Kier alpha value is -2.53. The van der Waals surface area contributed by atoms with Crippen LogP contribution in [0.1, 0.15) is 30.5 Å². The van der Waals surface area contributed by atoms with Gasteiger partial charge in [0.15, 0.2) is 0 Å². The van der Waals surface area contributed by atoms with Gasteiger partial charge in [0.1, 0.15) is 6.04 Å². The Morgan fingerprint density at radius 2 is 1.51 bits per heavy atom. The van der Waals surface area contributed by atoms with Crippen LogP contribution in [0.2, 0.25) is 15.1 Å². The second kappa shape index (κ2) is 13.0. The van der Waals surface area contributed by atoms with Crippen molar-refractivity contribution in [3.63, 3.8) is 0 Å². The molecule has 2 amide bonds. The Kier molecular flexibility index (Phi) is 10.0. The highest BCUT2D eigenvalue weighted by Gasteiger charge is 2.30. The van der Waals surface area contributed by atoms with Crippen LogP contribution < -0.4 is 5.32 Å². The van der Waals surface area contributed by atoms with Gasteiger partial charge >= 0.3 is 0 Å². The molecule has 0 spiro atoms. The van der Waals surface area contributed by atoms with Gasteiger partial charge in [0.25, 0.3) is 0 Å². The van der Waals surface area contributed by atoms with E-state index < -0.39 is 6.04 Å². The fraction of sp³-hybridized carbons (Fsp3) is 0.286. The average molecular weight is 532 g/mol. The maximum absolute atomic E-state index is 13.7. The topological polar surface area (TPSA) is 49.4 Å². The summed E-state index contributed by atoms with van der Waals surface area (Å²) in [5, 5.41) is 4.35. The Bertz CT molecular complexity index is 1150. The SMILES string of the molecule is CC(C)CNC(=O)[C@@H](Cc1ccccc1)N(Cc1ccc(Cl)c(Cl)c1)C(=O)Cc1ccccc1Cl. The first-order chi connectivity index (χ1) is 16.7. The van der Waals surface area contributed by atoms with E-state index in [0.29, 0.717) is 33.6 Å². The Morgan fingerprint density at radius 3 is 2.17 bits per heavy atom. The second-order valence-corrected chi connectivity index (χ2v) is 10.1. The summed E-state index contributed by atoms with van der Waals surface area (Å²) in [6.45, 7) is 4.78. The molecule has 0 heterocycles. The van der Waals surface area contributed by atoms with Gasteiger partial charge in [-0.25, -0.2) is 0 Å². The van der Waals surface area contributed by atoms with Crippen LogP contribution in [0.3, 0.4) is 0 Å². The number of hydrogen-bond donors (Lipinski definition) is 1. The molecule has 7 heteroatoms. The molecule has 0 unspecified atom stereocenters. The van der Waals surface area contributed by atoms with Crippen LogP contribution >= 0.6 is 34.8 Å². The molecule has 3 aromatic rings. The van der Waals surface area contributed by atoms with Crippen LogP contribution in [0.4, 0.5) is 0 Å². The summed E-state index contributed by atoms with van der Waals surface area (Å²) in [6, 6.07) is 21.4. The third kappa shape index (κ3) is 7.99. The lowest BCUT2D eigenvalue weighted by Crippen LogP contribution is -2.51. The van der Waals surface area contributed by atoms with Crippen molar-refractivity contribution < 1.29 is 9.59 Å². The molecule has 4 nitrogen and oxygen atoms in total. The van der Waals surface area contributed by atoms with Crippen molar-refractivity contribution in [2.45, 2.75) is 39.3 Å². The van der Waals surface area contributed by atoms with Gasteiger partial charge in [-0.15, -0.1) is 0 Å². The Morgan fingerprint density at radius 1 is 0.829 bits per heavy atom. The average Bonchev–Trinajstić information content (AvgIpc) is 2.84. The highest BCUT2D eigenvalue weighted by molar-refractivity contribution is 6.42. The highest BCUT2D eigenvalue weighted by atomic mass is 35.5.